The molecule has 3 aromatic rings. The molecule has 0 spiro atoms. The lowest BCUT2D eigenvalue weighted by Gasteiger charge is -2.26. The number of rotatable bonds is 4. The van der Waals surface area contributed by atoms with Crippen molar-refractivity contribution in [3.63, 3.8) is 0 Å². The number of benzene rings is 1. The van der Waals surface area contributed by atoms with Crippen LogP contribution in [0.5, 0.6) is 11.5 Å². The van der Waals surface area contributed by atoms with Crippen LogP contribution in [0.3, 0.4) is 0 Å². The Balaban J connectivity index is 1.68. The summed E-state index contributed by atoms with van der Waals surface area (Å²) in [4.78, 5) is 3.06. The number of fused-ring (bicyclic) bond motifs is 1. The number of H-pyrrole nitrogens is 1. The van der Waals surface area contributed by atoms with Gasteiger partial charge in [-0.15, -0.1) is 10.2 Å². The van der Waals surface area contributed by atoms with Crippen LogP contribution < -0.4 is 10.1 Å². The molecule has 1 aliphatic heterocycles. The Hall–Kier alpha value is -2.60. The average Bonchev–Trinajstić information content (AvgIpc) is 2.89. The van der Waals surface area contributed by atoms with Crippen LogP contribution in [0.2, 0.25) is 0 Å². The quantitative estimate of drug-likeness (QED) is 0.685. The van der Waals surface area contributed by atoms with E-state index in [1.165, 1.54) is 0 Å². The third-order valence-electron chi connectivity index (χ3n) is 3.92. The van der Waals surface area contributed by atoms with Crippen molar-refractivity contribution in [1.82, 2.24) is 20.5 Å². The number of para-hydroxylation sites is 1. The van der Waals surface area contributed by atoms with Gasteiger partial charge in [0.05, 0.1) is 17.7 Å². The van der Waals surface area contributed by atoms with Crippen LogP contribution in [0.15, 0.2) is 36.5 Å². The van der Waals surface area contributed by atoms with Crippen LogP contribution in [-0.2, 0) is 0 Å². The summed E-state index contributed by atoms with van der Waals surface area (Å²) in [7, 11) is 0. The second-order valence-corrected chi connectivity index (χ2v) is 5.50. The number of nitrogens with one attached hydrogen (secondary N) is 2. The van der Waals surface area contributed by atoms with Crippen LogP contribution in [0.1, 0.15) is 0 Å². The molecule has 6 heteroatoms. The fourth-order valence-electron chi connectivity index (χ4n) is 2.51. The first kappa shape index (κ1) is 13.1. The largest absolute Gasteiger partial charge is 0.507 e. The van der Waals surface area contributed by atoms with E-state index in [2.05, 4.69) is 20.5 Å². The lowest BCUT2D eigenvalue weighted by atomic mass is 10.1. The van der Waals surface area contributed by atoms with Crippen molar-refractivity contribution >= 4 is 11.0 Å². The molecule has 1 aromatic carbocycles. The van der Waals surface area contributed by atoms with Gasteiger partial charge in [-0.1, -0.05) is 12.1 Å². The Morgan fingerprint density at radius 2 is 2.09 bits per heavy atom. The molecule has 6 nitrogen and oxygen atoms in total. The summed E-state index contributed by atoms with van der Waals surface area (Å²) in [5.74, 6) is 1.53. The fraction of sp³-hybridized carbons (Fsp3) is 0.250. The highest BCUT2D eigenvalue weighted by atomic mass is 16.5. The van der Waals surface area contributed by atoms with Gasteiger partial charge in [0.2, 0.25) is 0 Å². The minimum absolute atomic E-state index is 0.190. The summed E-state index contributed by atoms with van der Waals surface area (Å²) in [6.07, 6.45) is 1.81. The van der Waals surface area contributed by atoms with Gasteiger partial charge in [0.25, 0.3) is 0 Å². The second kappa shape index (κ2) is 5.31. The molecule has 4 rings (SSSR count). The summed E-state index contributed by atoms with van der Waals surface area (Å²) in [5, 5.41) is 22.4. The molecule has 22 heavy (non-hydrogen) atoms. The Kier molecular flexibility index (Phi) is 3.16. The van der Waals surface area contributed by atoms with Gasteiger partial charge in [-0.2, -0.15) is 0 Å². The zero-order chi connectivity index (χ0) is 14.9. The predicted octanol–water partition coefficient (Wildman–Crippen LogP) is 1.93. The van der Waals surface area contributed by atoms with E-state index in [1.807, 2.05) is 18.2 Å². The number of aromatic hydroxyl groups is 1. The zero-order valence-electron chi connectivity index (χ0n) is 11.9. The number of hydrogen-bond acceptors (Lipinski definition) is 5. The smallest absolute Gasteiger partial charge is 0.163 e. The normalized spacial score (nSPS) is 14.9. The summed E-state index contributed by atoms with van der Waals surface area (Å²) in [6.45, 7) is 2.70. The molecule has 0 aliphatic carbocycles. The van der Waals surface area contributed by atoms with Gasteiger partial charge < -0.3 is 20.1 Å². The highest BCUT2D eigenvalue weighted by molar-refractivity contribution is 5.86. The molecule has 1 fully saturated rings. The highest BCUT2D eigenvalue weighted by Gasteiger charge is 2.18. The van der Waals surface area contributed by atoms with Crippen molar-refractivity contribution in [2.75, 3.05) is 19.7 Å². The van der Waals surface area contributed by atoms with Gasteiger partial charge in [0.15, 0.2) is 5.65 Å². The standard InChI is InChI=1S/C16H16N4O2/c21-14-4-2-1-3-11(14)13-5-12-15(8-18-16(12)20-19-13)22-9-10-6-17-7-10/h1-5,8,10,17,21H,6-7,9H2,(H,18,20). The number of aromatic amines is 1. The number of ether oxygens (including phenoxy) is 1. The van der Waals surface area contributed by atoms with E-state index in [0.29, 0.717) is 29.4 Å². The highest BCUT2D eigenvalue weighted by Crippen LogP contribution is 2.31. The third kappa shape index (κ3) is 2.27. The first-order chi connectivity index (χ1) is 10.8. The van der Waals surface area contributed by atoms with Crippen LogP contribution in [0, 0.1) is 5.92 Å². The predicted molar refractivity (Wildman–Crippen MR) is 82.8 cm³/mol. The molecule has 0 bridgehead atoms. The number of aromatic nitrogens is 3. The fourth-order valence-corrected chi connectivity index (χ4v) is 2.51. The van der Waals surface area contributed by atoms with Crippen LogP contribution >= 0.6 is 0 Å². The van der Waals surface area contributed by atoms with E-state index >= 15 is 0 Å². The van der Waals surface area contributed by atoms with Crippen molar-refractivity contribution in [1.29, 1.82) is 0 Å². The summed E-state index contributed by atoms with van der Waals surface area (Å²) < 4.78 is 5.88. The Labute approximate surface area is 127 Å². The first-order valence-electron chi connectivity index (χ1n) is 7.28. The number of phenols is 1. The summed E-state index contributed by atoms with van der Waals surface area (Å²) >= 11 is 0. The Morgan fingerprint density at radius 3 is 2.86 bits per heavy atom. The van der Waals surface area contributed by atoms with E-state index in [4.69, 9.17) is 4.74 Å². The van der Waals surface area contributed by atoms with Crippen molar-refractivity contribution in [3.05, 3.63) is 36.5 Å². The number of hydrogen-bond donors (Lipinski definition) is 3. The van der Waals surface area contributed by atoms with E-state index in [9.17, 15) is 5.11 Å². The van der Waals surface area contributed by atoms with Crippen molar-refractivity contribution < 1.29 is 9.84 Å². The van der Waals surface area contributed by atoms with Gasteiger partial charge in [0.1, 0.15) is 11.5 Å². The maximum absolute atomic E-state index is 9.96. The molecule has 0 unspecified atom stereocenters. The Morgan fingerprint density at radius 1 is 1.23 bits per heavy atom. The topological polar surface area (TPSA) is 83.1 Å². The molecular weight excluding hydrogens is 280 g/mol. The summed E-state index contributed by atoms with van der Waals surface area (Å²) in [6, 6.07) is 8.99. The molecule has 3 N–H and O–H groups in total. The maximum atomic E-state index is 9.96. The zero-order valence-corrected chi connectivity index (χ0v) is 11.9. The summed E-state index contributed by atoms with van der Waals surface area (Å²) in [5.41, 5.74) is 1.97. The SMILES string of the molecule is Oc1ccccc1-c1cc2c(OCC3CNC3)c[nH]c2nn1. The lowest BCUT2D eigenvalue weighted by molar-refractivity contribution is 0.201. The lowest BCUT2D eigenvalue weighted by Crippen LogP contribution is -2.45. The first-order valence-corrected chi connectivity index (χ1v) is 7.28. The van der Waals surface area contributed by atoms with Gasteiger partial charge in [-0.25, -0.2) is 0 Å². The van der Waals surface area contributed by atoms with Gasteiger partial charge >= 0.3 is 0 Å². The molecule has 1 saturated heterocycles. The minimum atomic E-state index is 0.190. The van der Waals surface area contributed by atoms with Crippen LogP contribution in [-0.4, -0.2) is 40.0 Å². The van der Waals surface area contributed by atoms with E-state index in [-0.39, 0.29) is 5.75 Å². The Bertz CT molecular complexity index is 811. The molecule has 1 aliphatic rings. The monoisotopic (exact) mass is 296 g/mol. The number of nitrogens with zero attached hydrogens (tertiary/aromatic N) is 2. The minimum Gasteiger partial charge on any atom is -0.507 e. The molecule has 0 radical (unpaired) electrons. The molecular formula is C16H16N4O2. The maximum Gasteiger partial charge on any atom is 0.163 e. The van der Waals surface area contributed by atoms with E-state index in [1.54, 1.807) is 18.3 Å². The van der Waals surface area contributed by atoms with Crippen molar-refractivity contribution in [2.24, 2.45) is 5.92 Å². The van der Waals surface area contributed by atoms with Gasteiger partial charge in [-0.3, -0.25) is 0 Å². The molecule has 3 heterocycles. The van der Waals surface area contributed by atoms with Crippen LogP contribution in [0.4, 0.5) is 0 Å². The van der Waals surface area contributed by atoms with Crippen molar-refractivity contribution in [3.8, 4) is 22.8 Å². The van der Waals surface area contributed by atoms with Crippen LogP contribution in [0.25, 0.3) is 22.3 Å². The molecule has 112 valence electrons. The molecule has 0 saturated carbocycles. The average molecular weight is 296 g/mol. The van der Waals surface area contributed by atoms with Gasteiger partial charge in [0, 0.05) is 30.8 Å². The molecule has 0 atom stereocenters. The number of phenolic OH excluding ortho intramolecular Hbond substituents is 1. The molecule has 0 amide bonds. The third-order valence-corrected chi connectivity index (χ3v) is 3.92. The van der Waals surface area contributed by atoms with Crippen molar-refractivity contribution in [2.45, 2.75) is 0 Å². The van der Waals surface area contributed by atoms with E-state index in [0.717, 1.165) is 24.2 Å². The van der Waals surface area contributed by atoms with Gasteiger partial charge in [-0.05, 0) is 18.2 Å². The molecule has 2 aromatic heterocycles. The van der Waals surface area contributed by atoms with E-state index < -0.39 is 0 Å². The second-order valence-electron chi connectivity index (χ2n) is 5.50.